The number of methoxy groups -OCH3 is 2. The van der Waals surface area contributed by atoms with Crippen molar-refractivity contribution in [2.75, 3.05) is 19.5 Å². The molecule has 0 atom stereocenters. The first-order valence-corrected chi connectivity index (χ1v) is 9.10. The number of thiazole rings is 1. The van der Waals surface area contributed by atoms with Crippen LogP contribution in [0.3, 0.4) is 0 Å². The molecule has 0 unspecified atom stereocenters. The van der Waals surface area contributed by atoms with Crippen LogP contribution in [-0.2, 0) is 11.2 Å². The van der Waals surface area contributed by atoms with E-state index in [2.05, 4.69) is 10.3 Å². The number of carboxylic acid groups (broad SMARTS) is 1. The van der Waals surface area contributed by atoms with E-state index in [0.717, 1.165) is 11.3 Å². The third-order valence-corrected chi connectivity index (χ3v) is 5.03. The van der Waals surface area contributed by atoms with Crippen LogP contribution < -0.4 is 14.8 Å². The lowest BCUT2D eigenvalue weighted by atomic mass is 10.1. The fourth-order valence-electron chi connectivity index (χ4n) is 2.70. The summed E-state index contributed by atoms with van der Waals surface area (Å²) in [7, 11) is 3.15. The topological polar surface area (TPSA) is 80.7 Å². The zero-order valence-corrected chi connectivity index (χ0v) is 16.1. The molecule has 0 bridgehead atoms. The minimum Gasteiger partial charge on any atom is -0.497 e. The number of benzene rings is 2. The highest BCUT2D eigenvalue weighted by atomic mass is 32.1. The standard InChI is InChI=1S/C20H20N2O4S/c1-12-6-4-5-7-15(12)21-20-22-19(17(27-20)11-18(23)24)14-10-13(25-2)8-9-16(14)26-3/h4-10H,11H2,1-3H3,(H,21,22)(H,23,24). The summed E-state index contributed by atoms with van der Waals surface area (Å²) in [6.45, 7) is 2.00. The summed E-state index contributed by atoms with van der Waals surface area (Å²) in [6, 6.07) is 13.2. The fraction of sp³-hybridized carbons (Fsp3) is 0.200. The zero-order valence-electron chi connectivity index (χ0n) is 15.3. The molecule has 0 aliphatic rings. The minimum absolute atomic E-state index is 0.122. The van der Waals surface area contributed by atoms with Crippen LogP contribution in [0, 0.1) is 6.92 Å². The smallest absolute Gasteiger partial charge is 0.308 e. The van der Waals surface area contributed by atoms with Crippen LogP contribution in [0.2, 0.25) is 0 Å². The number of nitrogens with zero attached hydrogens (tertiary/aromatic N) is 1. The molecule has 7 heteroatoms. The summed E-state index contributed by atoms with van der Waals surface area (Å²) >= 11 is 1.32. The van der Waals surface area contributed by atoms with Gasteiger partial charge in [-0.05, 0) is 36.8 Å². The number of para-hydroxylation sites is 1. The van der Waals surface area contributed by atoms with Gasteiger partial charge in [-0.3, -0.25) is 4.79 Å². The number of ether oxygens (including phenoxy) is 2. The first-order chi connectivity index (χ1) is 13.0. The molecule has 2 aromatic carbocycles. The number of aliphatic carboxylic acids is 1. The highest BCUT2D eigenvalue weighted by Crippen LogP contribution is 2.39. The van der Waals surface area contributed by atoms with E-state index >= 15 is 0 Å². The monoisotopic (exact) mass is 384 g/mol. The highest BCUT2D eigenvalue weighted by molar-refractivity contribution is 7.16. The van der Waals surface area contributed by atoms with Crippen molar-refractivity contribution in [3.8, 4) is 22.8 Å². The molecule has 0 aliphatic carbocycles. The maximum atomic E-state index is 11.4. The molecule has 0 aliphatic heterocycles. The Bertz CT molecular complexity index is 968. The van der Waals surface area contributed by atoms with Gasteiger partial charge in [-0.2, -0.15) is 0 Å². The minimum atomic E-state index is -0.913. The SMILES string of the molecule is COc1ccc(OC)c(-c2nc(Nc3ccccc3C)sc2CC(=O)O)c1. The van der Waals surface area contributed by atoms with Crippen LogP contribution >= 0.6 is 11.3 Å². The summed E-state index contributed by atoms with van der Waals surface area (Å²) in [6.07, 6.45) is -0.122. The largest absolute Gasteiger partial charge is 0.497 e. The Hall–Kier alpha value is -3.06. The normalized spacial score (nSPS) is 10.5. The van der Waals surface area contributed by atoms with Crippen molar-refractivity contribution >= 4 is 28.1 Å². The van der Waals surface area contributed by atoms with Gasteiger partial charge in [0.2, 0.25) is 0 Å². The van der Waals surface area contributed by atoms with E-state index in [-0.39, 0.29) is 6.42 Å². The van der Waals surface area contributed by atoms with Crippen molar-refractivity contribution in [2.24, 2.45) is 0 Å². The molecule has 0 spiro atoms. The first-order valence-electron chi connectivity index (χ1n) is 8.28. The molecule has 3 aromatic rings. The van der Waals surface area contributed by atoms with Crippen LogP contribution in [0.1, 0.15) is 10.4 Å². The molecule has 0 saturated carbocycles. The summed E-state index contributed by atoms with van der Waals surface area (Å²) < 4.78 is 10.8. The van der Waals surface area contributed by atoms with Crippen molar-refractivity contribution < 1.29 is 19.4 Å². The number of aryl methyl sites for hydroxylation is 1. The van der Waals surface area contributed by atoms with Gasteiger partial charge in [0.25, 0.3) is 0 Å². The maximum Gasteiger partial charge on any atom is 0.308 e. The quantitative estimate of drug-likeness (QED) is 0.624. The lowest BCUT2D eigenvalue weighted by Gasteiger charge is -2.10. The molecule has 1 heterocycles. The molecule has 27 heavy (non-hydrogen) atoms. The molecular weight excluding hydrogens is 364 g/mol. The van der Waals surface area contributed by atoms with Crippen LogP contribution in [0.4, 0.5) is 10.8 Å². The van der Waals surface area contributed by atoms with E-state index in [1.165, 1.54) is 11.3 Å². The van der Waals surface area contributed by atoms with E-state index in [9.17, 15) is 9.90 Å². The maximum absolute atomic E-state index is 11.4. The predicted molar refractivity (Wildman–Crippen MR) is 106 cm³/mol. The summed E-state index contributed by atoms with van der Waals surface area (Å²) in [4.78, 5) is 16.7. The van der Waals surface area contributed by atoms with Crippen LogP contribution in [0.5, 0.6) is 11.5 Å². The van der Waals surface area contributed by atoms with E-state index in [1.54, 1.807) is 32.4 Å². The molecule has 3 rings (SSSR count). The Kier molecular flexibility index (Phi) is 5.61. The Morgan fingerprint density at radius 2 is 1.96 bits per heavy atom. The van der Waals surface area contributed by atoms with E-state index in [4.69, 9.17) is 9.47 Å². The Morgan fingerprint density at radius 3 is 2.63 bits per heavy atom. The molecule has 2 N–H and O–H groups in total. The molecule has 6 nitrogen and oxygen atoms in total. The van der Waals surface area contributed by atoms with Gasteiger partial charge in [-0.25, -0.2) is 4.98 Å². The van der Waals surface area contributed by atoms with Crippen molar-refractivity contribution in [2.45, 2.75) is 13.3 Å². The number of carboxylic acids is 1. The average molecular weight is 384 g/mol. The second-order valence-corrected chi connectivity index (χ2v) is 6.95. The van der Waals surface area contributed by atoms with Gasteiger partial charge in [0.15, 0.2) is 5.13 Å². The molecule has 0 radical (unpaired) electrons. The van der Waals surface area contributed by atoms with Gasteiger partial charge in [0.1, 0.15) is 11.5 Å². The second kappa shape index (κ2) is 8.09. The summed E-state index contributed by atoms with van der Waals surface area (Å²) in [5.41, 5.74) is 3.28. The fourth-order valence-corrected chi connectivity index (χ4v) is 3.68. The van der Waals surface area contributed by atoms with Crippen LogP contribution in [0.25, 0.3) is 11.3 Å². The van der Waals surface area contributed by atoms with Gasteiger partial charge in [-0.15, -0.1) is 11.3 Å². The lowest BCUT2D eigenvalue weighted by molar-refractivity contribution is -0.136. The zero-order chi connectivity index (χ0) is 19.4. The van der Waals surface area contributed by atoms with E-state index in [0.29, 0.717) is 32.8 Å². The number of hydrogen-bond acceptors (Lipinski definition) is 6. The Morgan fingerprint density at radius 1 is 1.19 bits per heavy atom. The second-order valence-electron chi connectivity index (χ2n) is 5.87. The lowest BCUT2D eigenvalue weighted by Crippen LogP contribution is -2.00. The summed E-state index contributed by atoms with van der Waals surface area (Å²) in [5, 5.41) is 13.2. The van der Waals surface area contributed by atoms with E-state index in [1.807, 2.05) is 31.2 Å². The van der Waals surface area contributed by atoms with Crippen molar-refractivity contribution in [3.05, 3.63) is 52.9 Å². The predicted octanol–water partition coefficient (Wildman–Crippen LogP) is 4.51. The van der Waals surface area contributed by atoms with Gasteiger partial charge in [-0.1, -0.05) is 18.2 Å². The third kappa shape index (κ3) is 4.20. The molecule has 0 saturated heterocycles. The first kappa shape index (κ1) is 18.7. The van der Waals surface area contributed by atoms with Gasteiger partial charge < -0.3 is 19.9 Å². The van der Waals surface area contributed by atoms with Gasteiger partial charge in [0, 0.05) is 16.1 Å². The summed E-state index contributed by atoms with van der Waals surface area (Å²) in [5.74, 6) is 0.341. The molecule has 140 valence electrons. The van der Waals surface area contributed by atoms with Gasteiger partial charge in [0.05, 0.1) is 26.3 Å². The number of aromatic nitrogens is 1. The Labute approximate surface area is 161 Å². The number of hydrogen-bond donors (Lipinski definition) is 2. The number of nitrogens with one attached hydrogen (secondary N) is 1. The van der Waals surface area contributed by atoms with Crippen molar-refractivity contribution in [3.63, 3.8) is 0 Å². The number of carbonyl (C=O) groups is 1. The molecule has 1 aromatic heterocycles. The van der Waals surface area contributed by atoms with E-state index < -0.39 is 5.97 Å². The number of anilines is 2. The van der Waals surface area contributed by atoms with Crippen LogP contribution in [-0.4, -0.2) is 30.3 Å². The van der Waals surface area contributed by atoms with Crippen molar-refractivity contribution in [1.82, 2.24) is 4.98 Å². The van der Waals surface area contributed by atoms with Crippen molar-refractivity contribution in [1.29, 1.82) is 0 Å². The third-order valence-electron chi connectivity index (χ3n) is 4.06. The van der Waals surface area contributed by atoms with Gasteiger partial charge >= 0.3 is 5.97 Å². The average Bonchev–Trinajstić information content (AvgIpc) is 3.04. The molecular formula is C20H20N2O4S. The van der Waals surface area contributed by atoms with Crippen LogP contribution in [0.15, 0.2) is 42.5 Å². The molecule has 0 amide bonds. The number of rotatable bonds is 7. The highest BCUT2D eigenvalue weighted by Gasteiger charge is 2.20. The Balaban J connectivity index is 2.08. The molecule has 0 fully saturated rings.